The molecular formula is C16H25NO. The van der Waals surface area contributed by atoms with Crippen molar-refractivity contribution in [2.45, 2.75) is 38.6 Å². The van der Waals surface area contributed by atoms with Gasteiger partial charge in [0.25, 0.3) is 0 Å². The SMILES string of the molecule is CNC(COCCC1CCC1)c1ccccc1C. The molecule has 2 rings (SSSR count). The van der Waals surface area contributed by atoms with E-state index in [1.807, 2.05) is 7.05 Å². The maximum atomic E-state index is 5.84. The van der Waals surface area contributed by atoms with E-state index in [1.165, 1.54) is 36.8 Å². The monoisotopic (exact) mass is 247 g/mol. The first-order chi connectivity index (χ1) is 8.81. The van der Waals surface area contributed by atoms with Crippen molar-refractivity contribution in [3.8, 4) is 0 Å². The Hall–Kier alpha value is -0.860. The van der Waals surface area contributed by atoms with Crippen LogP contribution in [0.1, 0.15) is 42.9 Å². The van der Waals surface area contributed by atoms with Crippen molar-refractivity contribution < 1.29 is 4.74 Å². The van der Waals surface area contributed by atoms with Crippen molar-refractivity contribution in [1.29, 1.82) is 0 Å². The Morgan fingerprint density at radius 2 is 2.11 bits per heavy atom. The molecule has 0 saturated heterocycles. The first-order valence-electron chi connectivity index (χ1n) is 7.12. The molecule has 1 aromatic carbocycles. The van der Waals surface area contributed by atoms with Gasteiger partial charge in [0.2, 0.25) is 0 Å². The van der Waals surface area contributed by atoms with Crippen molar-refractivity contribution in [1.82, 2.24) is 5.32 Å². The normalized spacial score (nSPS) is 17.4. The highest BCUT2D eigenvalue weighted by Gasteiger charge is 2.17. The van der Waals surface area contributed by atoms with Gasteiger partial charge in [-0.25, -0.2) is 0 Å². The number of hydrogen-bond acceptors (Lipinski definition) is 2. The smallest absolute Gasteiger partial charge is 0.0661 e. The standard InChI is InChI=1S/C16H25NO/c1-13-6-3-4-9-15(13)16(17-2)12-18-11-10-14-7-5-8-14/h3-4,6,9,14,16-17H,5,7-8,10-12H2,1-2H3. The molecule has 1 N–H and O–H groups in total. The average molecular weight is 247 g/mol. The quantitative estimate of drug-likeness (QED) is 0.745. The maximum absolute atomic E-state index is 5.84. The Bertz CT molecular complexity index is 360. The maximum Gasteiger partial charge on any atom is 0.0661 e. The van der Waals surface area contributed by atoms with Crippen LogP contribution in [0.4, 0.5) is 0 Å². The predicted octanol–water partition coefficient (Wildman–Crippen LogP) is 3.46. The van der Waals surface area contributed by atoms with E-state index < -0.39 is 0 Å². The summed E-state index contributed by atoms with van der Waals surface area (Å²) in [5.41, 5.74) is 2.68. The second kappa shape index (κ2) is 6.91. The van der Waals surface area contributed by atoms with E-state index in [0.29, 0.717) is 6.04 Å². The largest absolute Gasteiger partial charge is 0.379 e. The fraction of sp³-hybridized carbons (Fsp3) is 0.625. The summed E-state index contributed by atoms with van der Waals surface area (Å²) in [6.07, 6.45) is 5.49. The summed E-state index contributed by atoms with van der Waals surface area (Å²) in [6, 6.07) is 8.84. The zero-order chi connectivity index (χ0) is 12.8. The van der Waals surface area contributed by atoms with Gasteiger partial charge in [0.1, 0.15) is 0 Å². The number of ether oxygens (including phenoxy) is 1. The van der Waals surface area contributed by atoms with Crippen LogP contribution in [-0.2, 0) is 4.74 Å². The third-order valence-electron chi connectivity index (χ3n) is 4.09. The number of nitrogens with one attached hydrogen (secondary N) is 1. The minimum absolute atomic E-state index is 0.313. The molecule has 1 aliphatic carbocycles. The van der Waals surface area contributed by atoms with Crippen LogP contribution in [0.2, 0.25) is 0 Å². The topological polar surface area (TPSA) is 21.3 Å². The van der Waals surface area contributed by atoms with Gasteiger partial charge in [-0.15, -0.1) is 0 Å². The van der Waals surface area contributed by atoms with Crippen LogP contribution in [0, 0.1) is 12.8 Å². The lowest BCUT2D eigenvalue weighted by Crippen LogP contribution is -2.23. The summed E-state index contributed by atoms with van der Waals surface area (Å²) in [4.78, 5) is 0. The van der Waals surface area contributed by atoms with Gasteiger partial charge in [-0.05, 0) is 37.4 Å². The van der Waals surface area contributed by atoms with E-state index >= 15 is 0 Å². The van der Waals surface area contributed by atoms with Gasteiger partial charge in [-0.2, -0.15) is 0 Å². The molecule has 1 unspecified atom stereocenters. The summed E-state index contributed by atoms with van der Waals surface area (Å²) >= 11 is 0. The van der Waals surface area contributed by atoms with Gasteiger partial charge in [-0.3, -0.25) is 0 Å². The van der Waals surface area contributed by atoms with Crippen molar-refractivity contribution in [2.24, 2.45) is 5.92 Å². The molecule has 0 amide bonds. The van der Waals surface area contributed by atoms with Crippen LogP contribution in [-0.4, -0.2) is 20.3 Å². The van der Waals surface area contributed by atoms with Crippen LogP contribution >= 0.6 is 0 Å². The fourth-order valence-electron chi connectivity index (χ4n) is 2.54. The molecule has 0 radical (unpaired) electrons. The van der Waals surface area contributed by atoms with Gasteiger partial charge in [0.15, 0.2) is 0 Å². The summed E-state index contributed by atoms with van der Waals surface area (Å²) < 4.78 is 5.84. The Balaban J connectivity index is 1.76. The fourth-order valence-corrected chi connectivity index (χ4v) is 2.54. The third kappa shape index (κ3) is 3.56. The number of aryl methyl sites for hydroxylation is 1. The average Bonchev–Trinajstić information content (AvgIpc) is 2.33. The van der Waals surface area contributed by atoms with Crippen molar-refractivity contribution in [2.75, 3.05) is 20.3 Å². The molecule has 0 spiro atoms. The van der Waals surface area contributed by atoms with Gasteiger partial charge in [0.05, 0.1) is 12.6 Å². The third-order valence-corrected chi connectivity index (χ3v) is 4.09. The zero-order valence-corrected chi connectivity index (χ0v) is 11.6. The number of benzene rings is 1. The van der Waals surface area contributed by atoms with E-state index in [1.54, 1.807) is 0 Å². The van der Waals surface area contributed by atoms with E-state index in [-0.39, 0.29) is 0 Å². The van der Waals surface area contributed by atoms with Crippen molar-refractivity contribution >= 4 is 0 Å². The van der Waals surface area contributed by atoms with Crippen LogP contribution in [0.15, 0.2) is 24.3 Å². The molecule has 1 aliphatic rings. The molecule has 0 aromatic heterocycles. The van der Waals surface area contributed by atoms with Gasteiger partial charge >= 0.3 is 0 Å². The number of rotatable bonds is 7. The van der Waals surface area contributed by atoms with E-state index in [2.05, 4.69) is 36.5 Å². The first kappa shape index (κ1) is 13.6. The Labute approximate surface area is 111 Å². The van der Waals surface area contributed by atoms with E-state index in [9.17, 15) is 0 Å². The van der Waals surface area contributed by atoms with Crippen LogP contribution in [0.3, 0.4) is 0 Å². The molecule has 1 fully saturated rings. The predicted molar refractivity (Wildman–Crippen MR) is 75.8 cm³/mol. The highest BCUT2D eigenvalue weighted by atomic mass is 16.5. The van der Waals surface area contributed by atoms with E-state index in [4.69, 9.17) is 4.74 Å². The van der Waals surface area contributed by atoms with Crippen molar-refractivity contribution in [3.05, 3.63) is 35.4 Å². The summed E-state index contributed by atoms with van der Waals surface area (Å²) in [7, 11) is 2.01. The first-order valence-corrected chi connectivity index (χ1v) is 7.12. The Morgan fingerprint density at radius 3 is 2.72 bits per heavy atom. The van der Waals surface area contributed by atoms with Gasteiger partial charge in [-0.1, -0.05) is 43.5 Å². The molecule has 0 heterocycles. The molecule has 1 aromatic rings. The number of hydrogen-bond donors (Lipinski definition) is 1. The molecule has 18 heavy (non-hydrogen) atoms. The molecular weight excluding hydrogens is 222 g/mol. The Morgan fingerprint density at radius 1 is 1.33 bits per heavy atom. The molecule has 0 bridgehead atoms. The van der Waals surface area contributed by atoms with Gasteiger partial charge in [0, 0.05) is 6.61 Å². The lowest BCUT2D eigenvalue weighted by Gasteiger charge is -2.25. The second-order valence-corrected chi connectivity index (χ2v) is 5.36. The molecule has 100 valence electrons. The second-order valence-electron chi connectivity index (χ2n) is 5.36. The highest BCUT2D eigenvalue weighted by Crippen LogP contribution is 2.29. The summed E-state index contributed by atoms with van der Waals surface area (Å²) in [5, 5.41) is 3.35. The molecule has 1 atom stereocenters. The van der Waals surface area contributed by atoms with E-state index in [0.717, 1.165) is 19.1 Å². The van der Waals surface area contributed by atoms with Crippen LogP contribution < -0.4 is 5.32 Å². The summed E-state index contributed by atoms with van der Waals surface area (Å²) in [6.45, 7) is 3.84. The van der Waals surface area contributed by atoms with Gasteiger partial charge < -0.3 is 10.1 Å². The summed E-state index contributed by atoms with van der Waals surface area (Å²) in [5.74, 6) is 0.941. The molecule has 1 saturated carbocycles. The van der Waals surface area contributed by atoms with Crippen molar-refractivity contribution in [3.63, 3.8) is 0 Å². The Kier molecular flexibility index (Phi) is 5.21. The highest BCUT2D eigenvalue weighted by molar-refractivity contribution is 5.28. The number of likely N-dealkylation sites (N-methyl/N-ethyl adjacent to an activating group) is 1. The lowest BCUT2D eigenvalue weighted by atomic mass is 9.83. The zero-order valence-electron chi connectivity index (χ0n) is 11.6. The minimum atomic E-state index is 0.313. The molecule has 2 heteroatoms. The lowest BCUT2D eigenvalue weighted by molar-refractivity contribution is 0.0903. The minimum Gasteiger partial charge on any atom is -0.379 e. The van der Waals surface area contributed by atoms with Crippen LogP contribution in [0.25, 0.3) is 0 Å². The molecule has 2 nitrogen and oxygen atoms in total. The van der Waals surface area contributed by atoms with Crippen LogP contribution in [0.5, 0.6) is 0 Å². The molecule has 0 aliphatic heterocycles.